The summed E-state index contributed by atoms with van der Waals surface area (Å²) in [5.41, 5.74) is 22.5. The summed E-state index contributed by atoms with van der Waals surface area (Å²) in [6.45, 7) is 0. The van der Waals surface area contributed by atoms with E-state index in [2.05, 4.69) is 349 Å². The van der Waals surface area contributed by atoms with Crippen molar-refractivity contribution in [3.63, 3.8) is 0 Å². The molecule has 3 aliphatic rings. The number of fused-ring (bicyclic) bond motifs is 6. The molecule has 6 heteroatoms. The predicted octanol–water partition coefficient (Wildman–Crippen LogP) is 18.8. The van der Waals surface area contributed by atoms with Crippen molar-refractivity contribution in [2.75, 3.05) is 0 Å². The van der Waals surface area contributed by atoms with Crippen LogP contribution in [0.25, 0.3) is 111 Å². The Morgan fingerprint density at radius 3 is 1.31 bits per heavy atom. The Hall–Kier alpha value is -12.1. The topological polar surface area (TPSA) is 48.5 Å². The van der Waals surface area contributed by atoms with Gasteiger partial charge in [0.2, 0.25) is 5.95 Å². The Kier molecular flexibility index (Phi) is 12.7. The van der Waals surface area contributed by atoms with E-state index in [0.29, 0.717) is 17.6 Å². The van der Waals surface area contributed by atoms with Crippen LogP contribution in [0.5, 0.6) is 0 Å². The van der Waals surface area contributed by atoms with Gasteiger partial charge in [-0.15, -0.1) is 0 Å². The summed E-state index contributed by atoms with van der Waals surface area (Å²) >= 11 is 0. The van der Waals surface area contributed by atoms with Gasteiger partial charge in [0, 0.05) is 50.2 Å². The largest absolute Gasteiger partial charge is 0.309 e. The van der Waals surface area contributed by atoms with Gasteiger partial charge in [0.05, 0.1) is 22.1 Å². The van der Waals surface area contributed by atoms with E-state index in [0.717, 1.165) is 44.2 Å². The van der Waals surface area contributed by atoms with Gasteiger partial charge in [-0.2, -0.15) is 9.97 Å². The minimum absolute atomic E-state index is 0.0266. The fourth-order valence-electron chi connectivity index (χ4n) is 16.4. The average Bonchev–Trinajstić information content (AvgIpc) is 0.799. The zero-order chi connectivity index (χ0) is 62.6. The average molecular weight is 1230 g/mol. The van der Waals surface area contributed by atoms with E-state index in [1.54, 1.807) is 0 Å². The number of hydrogen-bond acceptors (Lipinski definition) is 3. The van der Waals surface area contributed by atoms with Gasteiger partial charge in [-0.25, -0.2) is 4.98 Å². The lowest BCUT2D eigenvalue weighted by atomic mass is 9.60. The summed E-state index contributed by atoms with van der Waals surface area (Å²) in [5, 5.41) is 10.1. The molecular weight excluding hydrogens is 1170 g/mol. The molecule has 0 saturated carbocycles. The number of hydrogen-bond donors (Lipinski definition) is 0. The predicted molar refractivity (Wildman–Crippen MR) is 394 cm³/mol. The molecule has 17 aromatic rings. The fraction of sp³-hybridized carbons (Fsp3) is 0.0225. The second-order valence-corrected chi connectivity index (χ2v) is 29.0. The molecule has 20 rings (SSSR count). The molecule has 3 aromatic heterocycles. The van der Waals surface area contributed by atoms with Crippen molar-refractivity contribution < 1.29 is 0 Å². The van der Waals surface area contributed by atoms with Gasteiger partial charge in [0.1, 0.15) is 0 Å². The van der Waals surface area contributed by atoms with Crippen LogP contribution in [0, 0.1) is 0 Å². The minimum atomic E-state index is -3.33. The molecule has 0 saturated heterocycles. The summed E-state index contributed by atoms with van der Waals surface area (Å²) in [4.78, 5) is 16.7. The lowest BCUT2D eigenvalue weighted by molar-refractivity contribution is 0.760. The molecule has 0 radical (unpaired) electrons. The monoisotopic (exact) mass is 1230 g/mol. The van der Waals surface area contributed by atoms with E-state index >= 15 is 0 Å². The van der Waals surface area contributed by atoms with Gasteiger partial charge < -0.3 is 4.57 Å². The molecule has 0 amide bonds. The maximum atomic E-state index is 5.69. The van der Waals surface area contributed by atoms with Crippen molar-refractivity contribution in [1.82, 2.24) is 24.1 Å². The molecule has 3 aliphatic carbocycles. The number of aromatic nitrogens is 5. The zero-order valence-electron chi connectivity index (χ0n) is 51.8. The first kappa shape index (κ1) is 54.6. The molecule has 0 N–H and O–H groups in total. The number of nitrogens with zero attached hydrogens (tertiary/aromatic N) is 5. The third-order valence-corrected chi connectivity index (χ3v) is 25.1. The van der Waals surface area contributed by atoms with Crippen LogP contribution in [0.4, 0.5) is 0 Å². The highest BCUT2D eigenvalue weighted by Crippen LogP contribution is 2.58. The first-order valence-corrected chi connectivity index (χ1v) is 34.8. The summed E-state index contributed by atoms with van der Waals surface area (Å²) < 4.78 is 4.64. The Balaban J connectivity index is 0.837. The molecule has 14 aromatic carbocycles. The Labute approximate surface area is 551 Å². The maximum absolute atomic E-state index is 5.69. The lowest BCUT2D eigenvalue weighted by Crippen LogP contribution is -2.75. The van der Waals surface area contributed by atoms with Crippen molar-refractivity contribution >= 4 is 72.4 Å². The van der Waals surface area contributed by atoms with Gasteiger partial charge in [0.15, 0.2) is 19.7 Å². The molecule has 95 heavy (non-hydrogen) atoms. The van der Waals surface area contributed by atoms with Crippen LogP contribution >= 0.6 is 0 Å². The van der Waals surface area contributed by atoms with Crippen LogP contribution in [0.1, 0.15) is 45.2 Å². The molecule has 2 atom stereocenters. The van der Waals surface area contributed by atoms with Crippen LogP contribution in [0.3, 0.4) is 0 Å². The van der Waals surface area contributed by atoms with Crippen LogP contribution in [0.2, 0.25) is 0 Å². The van der Waals surface area contributed by atoms with Gasteiger partial charge in [-0.1, -0.05) is 303 Å². The molecular formula is C89H59N5Si. The third-order valence-electron chi connectivity index (χ3n) is 20.3. The van der Waals surface area contributed by atoms with Gasteiger partial charge in [-0.05, 0) is 130 Å². The van der Waals surface area contributed by atoms with Crippen molar-refractivity contribution in [3.8, 4) is 67.8 Å². The summed E-state index contributed by atoms with van der Waals surface area (Å²) in [5.74, 6) is 1.59. The Morgan fingerprint density at radius 1 is 0.253 bits per heavy atom. The molecule has 0 spiro atoms. The standard InChI is InChI=1S/C89H59N5Si/c1-6-28-58(29-7-1)61-54-62(59-30-8-2-9-31-59)56-66(55-61)95(64-34-12-4-13-35-64,65-36-14-5-15-37-65)82-51-27-47-76-83-72-42-17-18-43-73(72)86(85(76)82)84-71(45-26-46-75(83)84)67-38-16-19-44-74(67)88-90-87(60-32-10-3-11-33-60)91-89(92-88)94-80-50-25-22-41-70(80)77-57-63(52-53-81(77)94)93-78-48-23-20-39-68(78)69-40-21-24-49-79(69)93/h1-57,83,86H. The van der Waals surface area contributed by atoms with Crippen LogP contribution in [0.15, 0.2) is 346 Å². The van der Waals surface area contributed by atoms with E-state index < -0.39 is 8.07 Å². The van der Waals surface area contributed by atoms with E-state index in [1.165, 1.54) is 104 Å². The van der Waals surface area contributed by atoms with Gasteiger partial charge in [0.25, 0.3) is 0 Å². The van der Waals surface area contributed by atoms with Crippen LogP contribution in [-0.2, 0) is 0 Å². The highest BCUT2D eigenvalue weighted by Gasteiger charge is 2.50. The van der Waals surface area contributed by atoms with Crippen LogP contribution in [-0.4, -0.2) is 32.2 Å². The molecule has 2 bridgehead atoms. The Bertz CT molecular complexity index is 5710. The first-order valence-electron chi connectivity index (χ1n) is 32.8. The third kappa shape index (κ3) is 8.51. The normalized spacial score (nSPS) is 13.9. The first-order chi connectivity index (χ1) is 47.2. The van der Waals surface area contributed by atoms with E-state index in [1.807, 2.05) is 6.07 Å². The number of rotatable bonds is 11. The molecule has 2 unspecified atom stereocenters. The van der Waals surface area contributed by atoms with E-state index in [9.17, 15) is 0 Å². The molecule has 444 valence electrons. The summed E-state index contributed by atoms with van der Waals surface area (Å²) in [6, 6.07) is 128. The van der Waals surface area contributed by atoms with Crippen molar-refractivity contribution in [1.29, 1.82) is 0 Å². The molecule has 0 fully saturated rings. The highest BCUT2D eigenvalue weighted by molar-refractivity contribution is 7.20. The Morgan fingerprint density at radius 2 is 0.695 bits per heavy atom. The van der Waals surface area contributed by atoms with Crippen molar-refractivity contribution in [3.05, 3.63) is 379 Å². The molecule has 0 aliphatic heterocycles. The smallest absolute Gasteiger partial charge is 0.238 e. The molecule has 3 heterocycles. The number of benzene rings is 14. The molecule has 5 nitrogen and oxygen atoms in total. The van der Waals surface area contributed by atoms with E-state index in [-0.39, 0.29) is 11.8 Å². The maximum Gasteiger partial charge on any atom is 0.238 e. The second kappa shape index (κ2) is 22.1. The van der Waals surface area contributed by atoms with Crippen molar-refractivity contribution in [2.24, 2.45) is 0 Å². The van der Waals surface area contributed by atoms with Crippen molar-refractivity contribution in [2.45, 2.75) is 11.8 Å². The van der Waals surface area contributed by atoms with Gasteiger partial charge >= 0.3 is 0 Å². The quantitative estimate of drug-likeness (QED) is 0.0958. The summed E-state index contributed by atoms with van der Waals surface area (Å²) in [6.07, 6.45) is 0. The number of para-hydroxylation sites is 3. The highest BCUT2D eigenvalue weighted by atomic mass is 28.3. The SMILES string of the molecule is c1ccc(-c2cc(-c3ccccc3)cc([Si](c3ccccc3)(c3ccccc3)c3cccc4c3C3c5ccccc5C4c4cccc(-c5ccccc5-c5nc(-c6ccccc6)nc(-n6c7ccccc7c7cc(-n8c9ccccc9c9ccccc98)ccc76)n5)c43)c2)cc1. The van der Waals surface area contributed by atoms with Gasteiger partial charge in [-0.3, -0.25) is 4.57 Å². The minimum Gasteiger partial charge on any atom is -0.309 e. The second-order valence-electron chi connectivity index (χ2n) is 25.2. The van der Waals surface area contributed by atoms with E-state index in [4.69, 9.17) is 15.0 Å². The van der Waals surface area contributed by atoms with Crippen LogP contribution < -0.4 is 20.7 Å². The fourth-order valence-corrected chi connectivity index (χ4v) is 21.5. The summed E-state index contributed by atoms with van der Waals surface area (Å²) in [7, 11) is -3.33. The lowest BCUT2D eigenvalue weighted by Gasteiger charge is -2.47. The zero-order valence-corrected chi connectivity index (χ0v) is 52.8.